The summed E-state index contributed by atoms with van der Waals surface area (Å²) in [6, 6.07) is 14.8. The van der Waals surface area contributed by atoms with Crippen LogP contribution < -0.4 is 10.6 Å². The highest BCUT2D eigenvalue weighted by Crippen LogP contribution is 2.22. The van der Waals surface area contributed by atoms with Gasteiger partial charge in [-0.2, -0.15) is 9.61 Å². The third-order valence-electron chi connectivity index (χ3n) is 4.12. The van der Waals surface area contributed by atoms with E-state index in [4.69, 9.17) is 4.98 Å². The van der Waals surface area contributed by atoms with Crippen molar-refractivity contribution in [2.75, 3.05) is 18.4 Å². The zero-order valence-corrected chi connectivity index (χ0v) is 12.4. The van der Waals surface area contributed by atoms with Gasteiger partial charge in [0.05, 0.1) is 11.9 Å². The smallest absolute Gasteiger partial charge is 0.157 e. The van der Waals surface area contributed by atoms with Gasteiger partial charge in [-0.05, 0) is 19.4 Å². The molecule has 0 radical (unpaired) electrons. The summed E-state index contributed by atoms with van der Waals surface area (Å²) >= 11 is 0. The summed E-state index contributed by atoms with van der Waals surface area (Å²) in [5.74, 6) is 0.988. The quantitative estimate of drug-likeness (QED) is 0.776. The van der Waals surface area contributed by atoms with Gasteiger partial charge in [-0.3, -0.25) is 0 Å². The number of anilines is 1. The minimum Gasteiger partial charge on any atom is -0.368 e. The fraction of sp³-hybridized carbons (Fsp3) is 0.294. The summed E-state index contributed by atoms with van der Waals surface area (Å²) in [6.07, 6.45) is 4.27. The van der Waals surface area contributed by atoms with Crippen molar-refractivity contribution in [3.63, 3.8) is 0 Å². The first kappa shape index (κ1) is 13.3. The summed E-state index contributed by atoms with van der Waals surface area (Å²) < 4.78 is 1.86. The number of fused-ring (bicyclic) bond motifs is 1. The van der Waals surface area contributed by atoms with E-state index in [0.717, 1.165) is 35.8 Å². The number of benzene rings is 1. The van der Waals surface area contributed by atoms with E-state index in [9.17, 15) is 0 Å². The lowest BCUT2D eigenvalue weighted by Crippen LogP contribution is -2.29. The Morgan fingerprint density at radius 2 is 2.14 bits per heavy atom. The monoisotopic (exact) mass is 293 g/mol. The maximum absolute atomic E-state index is 4.69. The zero-order chi connectivity index (χ0) is 14.8. The number of aromatic nitrogens is 3. The van der Waals surface area contributed by atoms with Crippen molar-refractivity contribution in [2.24, 2.45) is 0 Å². The molecule has 1 saturated heterocycles. The SMILES string of the molecule is c1ccc(-c2cc(NC[C@@H]3CCCN3)n3nccc3n2)cc1. The molecule has 3 heterocycles. The molecule has 0 bridgehead atoms. The van der Waals surface area contributed by atoms with E-state index in [-0.39, 0.29) is 0 Å². The Hall–Kier alpha value is -2.40. The van der Waals surface area contributed by atoms with Gasteiger partial charge in [0, 0.05) is 30.3 Å². The minimum atomic E-state index is 0.541. The molecule has 1 atom stereocenters. The Balaban J connectivity index is 1.67. The summed E-state index contributed by atoms with van der Waals surface area (Å²) in [5, 5.41) is 11.4. The van der Waals surface area contributed by atoms with Crippen molar-refractivity contribution in [1.29, 1.82) is 0 Å². The average molecular weight is 293 g/mol. The lowest BCUT2D eigenvalue weighted by Gasteiger charge is -2.14. The van der Waals surface area contributed by atoms with Crippen LogP contribution in [-0.4, -0.2) is 33.7 Å². The normalized spacial score (nSPS) is 17.9. The Morgan fingerprint density at radius 1 is 1.23 bits per heavy atom. The topological polar surface area (TPSA) is 54.2 Å². The highest BCUT2D eigenvalue weighted by atomic mass is 15.3. The van der Waals surface area contributed by atoms with E-state index in [1.165, 1.54) is 12.8 Å². The van der Waals surface area contributed by atoms with Crippen LogP contribution >= 0.6 is 0 Å². The largest absolute Gasteiger partial charge is 0.368 e. The number of hydrogen-bond donors (Lipinski definition) is 2. The van der Waals surface area contributed by atoms with Crippen LogP contribution in [0.15, 0.2) is 48.7 Å². The van der Waals surface area contributed by atoms with Crippen LogP contribution in [0.25, 0.3) is 16.9 Å². The summed E-state index contributed by atoms with van der Waals surface area (Å²) in [4.78, 5) is 4.69. The van der Waals surface area contributed by atoms with Crippen molar-refractivity contribution < 1.29 is 0 Å². The van der Waals surface area contributed by atoms with Gasteiger partial charge < -0.3 is 10.6 Å². The molecular formula is C17H19N5. The fourth-order valence-electron chi connectivity index (χ4n) is 2.95. The van der Waals surface area contributed by atoms with Crippen LogP contribution in [-0.2, 0) is 0 Å². The van der Waals surface area contributed by atoms with Crippen molar-refractivity contribution in [3.8, 4) is 11.3 Å². The number of nitrogens with zero attached hydrogens (tertiary/aromatic N) is 3. The second-order valence-electron chi connectivity index (χ2n) is 5.67. The zero-order valence-electron chi connectivity index (χ0n) is 12.4. The van der Waals surface area contributed by atoms with Gasteiger partial charge in [0.2, 0.25) is 0 Å². The molecule has 1 aromatic carbocycles. The number of rotatable bonds is 4. The van der Waals surface area contributed by atoms with Gasteiger partial charge in [0.25, 0.3) is 0 Å². The van der Waals surface area contributed by atoms with Gasteiger partial charge in [0.15, 0.2) is 5.65 Å². The number of hydrogen-bond acceptors (Lipinski definition) is 4. The Morgan fingerprint density at radius 3 is 2.95 bits per heavy atom. The molecule has 0 amide bonds. The molecular weight excluding hydrogens is 274 g/mol. The van der Waals surface area contributed by atoms with Gasteiger partial charge in [-0.1, -0.05) is 30.3 Å². The van der Waals surface area contributed by atoms with E-state index < -0.39 is 0 Å². The molecule has 2 aromatic heterocycles. The number of nitrogens with one attached hydrogen (secondary N) is 2. The predicted octanol–water partition coefficient (Wildman–Crippen LogP) is 2.56. The third-order valence-corrected chi connectivity index (χ3v) is 4.12. The Bertz CT molecular complexity index is 759. The summed E-state index contributed by atoms with van der Waals surface area (Å²) in [7, 11) is 0. The van der Waals surface area contributed by atoms with E-state index >= 15 is 0 Å². The van der Waals surface area contributed by atoms with Crippen molar-refractivity contribution in [2.45, 2.75) is 18.9 Å². The van der Waals surface area contributed by atoms with Crippen molar-refractivity contribution >= 4 is 11.5 Å². The molecule has 0 unspecified atom stereocenters. The Kier molecular flexibility index (Phi) is 3.48. The fourth-order valence-corrected chi connectivity index (χ4v) is 2.95. The highest BCUT2D eigenvalue weighted by Gasteiger charge is 2.15. The lowest BCUT2D eigenvalue weighted by molar-refractivity contribution is 0.631. The van der Waals surface area contributed by atoms with E-state index in [2.05, 4.69) is 33.9 Å². The lowest BCUT2D eigenvalue weighted by atomic mass is 10.1. The minimum absolute atomic E-state index is 0.541. The molecule has 2 N–H and O–H groups in total. The van der Waals surface area contributed by atoms with Crippen LogP contribution in [0.2, 0.25) is 0 Å². The molecule has 0 aliphatic carbocycles. The molecule has 112 valence electrons. The Labute approximate surface area is 129 Å². The predicted molar refractivity (Wildman–Crippen MR) is 87.9 cm³/mol. The van der Waals surface area contributed by atoms with Crippen LogP contribution in [0.4, 0.5) is 5.82 Å². The first-order chi connectivity index (χ1) is 10.9. The second-order valence-corrected chi connectivity index (χ2v) is 5.67. The molecule has 3 aromatic rings. The van der Waals surface area contributed by atoms with Gasteiger partial charge in [-0.15, -0.1) is 0 Å². The van der Waals surface area contributed by atoms with E-state index in [0.29, 0.717) is 6.04 Å². The average Bonchev–Trinajstić information content (AvgIpc) is 3.24. The highest BCUT2D eigenvalue weighted by molar-refractivity contribution is 5.66. The van der Waals surface area contributed by atoms with Gasteiger partial charge in [-0.25, -0.2) is 4.98 Å². The van der Waals surface area contributed by atoms with Crippen LogP contribution in [0.5, 0.6) is 0 Å². The van der Waals surface area contributed by atoms with Gasteiger partial charge in [0.1, 0.15) is 5.82 Å². The van der Waals surface area contributed by atoms with Crippen molar-refractivity contribution in [1.82, 2.24) is 19.9 Å². The second kappa shape index (κ2) is 5.77. The van der Waals surface area contributed by atoms with E-state index in [1.807, 2.05) is 28.8 Å². The first-order valence-corrected chi connectivity index (χ1v) is 7.77. The third kappa shape index (κ3) is 2.55. The molecule has 5 nitrogen and oxygen atoms in total. The van der Waals surface area contributed by atoms with E-state index in [1.54, 1.807) is 6.20 Å². The summed E-state index contributed by atoms with van der Waals surface area (Å²) in [5.41, 5.74) is 2.95. The van der Waals surface area contributed by atoms with Crippen LogP contribution in [0.3, 0.4) is 0 Å². The summed E-state index contributed by atoms with van der Waals surface area (Å²) in [6.45, 7) is 2.03. The molecule has 1 aliphatic heterocycles. The van der Waals surface area contributed by atoms with Crippen molar-refractivity contribution in [3.05, 3.63) is 48.7 Å². The molecule has 5 heteroatoms. The molecule has 22 heavy (non-hydrogen) atoms. The van der Waals surface area contributed by atoms with Gasteiger partial charge >= 0.3 is 0 Å². The van der Waals surface area contributed by atoms with Crippen LogP contribution in [0.1, 0.15) is 12.8 Å². The maximum atomic E-state index is 4.69. The molecule has 4 rings (SSSR count). The standard InChI is InChI=1S/C17H19N5/c1-2-5-13(6-3-1)15-11-17(19-12-14-7-4-9-18-14)22-16(21-15)8-10-20-22/h1-3,5-6,8,10-11,14,18-19H,4,7,9,12H2/t14-/m0/s1. The van der Waals surface area contributed by atoms with Crippen LogP contribution in [0, 0.1) is 0 Å². The molecule has 1 fully saturated rings. The molecule has 0 saturated carbocycles. The molecule has 1 aliphatic rings. The maximum Gasteiger partial charge on any atom is 0.157 e. The first-order valence-electron chi connectivity index (χ1n) is 7.77. The molecule has 0 spiro atoms.